The number of hydrogen-bond donors (Lipinski definition) is 0. The van der Waals surface area contributed by atoms with E-state index in [-0.39, 0.29) is 5.43 Å². The van der Waals surface area contributed by atoms with E-state index in [9.17, 15) is 4.79 Å². The van der Waals surface area contributed by atoms with Crippen LogP contribution in [0, 0.1) is 0 Å². The Hall–Kier alpha value is -2.95. The van der Waals surface area contributed by atoms with Crippen LogP contribution >= 0.6 is 0 Å². The molecule has 5 heteroatoms. The molecule has 0 aliphatic carbocycles. The molecular formula is C21H22O5. The molecule has 5 nitrogen and oxygen atoms in total. The minimum absolute atomic E-state index is 0.151. The summed E-state index contributed by atoms with van der Waals surface area (Å²) >= 11 is 0. The van der Waals surface area contributed by atoms with E-state index in [0.717, 1.165) is 11.3 Å². The lowest BCUT2D eigenvalue weighted by atomic mass is 10.1. The topological polar surface area (TPSA) is 57.9 Å². The van der Waals surface area contributed by atoms with Crippen molar-refractivity contribution >= 4 is 11.0 Å². The van der Waals surface area contributed by atoms with Gasteiger partial charge in [-0.1, -0.05) is 0 Å². The average molecular weight is 354 g/mol. The molecule has 0 radical (unpaired) electrons. The third kappa shape index (κ3) is 3.67. The number of benzene rings is 2. The molecule has 0 saturated heterocycles. The first-order chi connectivity index (χ1) is 12.7. The van der Waals surface area contributed by atoms with Crippen LogP contribution in [-0.2, 0) is 0 Å². The maximum absolute atomic E-state index is 12.7. The Balaban J connectivity index is 2.12. The summed E-state index contributed by atoms with van der Waals surface area (Å²) in [4.78, 5) is 12.7. The molecule has 0 atom stereocenters. The van der Waals surface area contributed by atoms with Crippen molar-refractivity contribution in [1.29, 1.82) is 0 Å². The molecule has 0 bridgehead atoms. The SMILES string of the molecule is CCOc1ccc(-c2cc(=O)c3c(OCC)cc(OCC)cc3o2)cc1. The lowest BCUT2D eigenvalue weighted by Gasteiger charge is -2.11. The molecule has 1 heterocycles. The molecule has 0 spiro atoms. The molecule has 136 valence electrons. The Kier molecular flexibility index (Phi) is 5.46. The van der Waals surface area contributed by atoms with Gasteiger partial charge in [-0.05, 0) is 45.0 Å². The van der Waals surface area contributed by atoms with E-state index < -0.39 is 0 Å². The molecule has 3 rings (SSSR count). The van der Waals surface area contributed by atoms with E-state index in [0.29, 0.717) is 48.0 Å². The van der Waals surface area contributed by atoms with Crippen LogP contribution in [0.4, 0.5) is 0 Å². The van der Waals surface area contributed by atoms with Gasteiger partial charge in [0.2, 0.25) is 0 Å². The van der Waals surface area contributed by atoms with Crippen LogP contribution in [0.5, 0.6) is 17.2 Å². The van der Waals surface area contributed by atoms with E-state index in [1.165, 1.54) is 6.07 Å². The number of rotatable bonds is 7. The highest BCUT2D eigenvalue weighted by molar-refractivity contribution is 5.86. The molecular weight excluding hydrogens is 332 g/mol. The number of hydrogen-bond acceptors (Lipinski definition) is 5. The van der Waals surface area contributed by atoms with Crippen molar-refractivity contribution in [3.05, 3.63) is 52.7 Å². The fraction of sp³-hybridized carbons (Fsp3) is 0.286. The van der Waals surface area contributed by atoms with Gasteiger partial charge in [0, 0.05) is 23.8 Å². The van der Waals surface area contributed by atoms with Gasteiger partial charge in [-0.15, -0.1) is 0 Å². The highest BCUT2D eigenvalue weighted by Crippen LogP contribution is 2.32. The first kappa shape index (κ1) is 17.9. The smallest absolute Gasteiger partial charge is 0.197 e. The lowest BCUT2D eigenvalue weighted by Crippen LogP contribution is -2.05. The Labute approximate surface area is 152 Å². The second kappa shape index (κ2) is 7.95. The van der Waals surface area contributed by atoms with E-state index in [2.05, 4.69) is 0 Å². The minimum Gasteiger partial charge on any atom is -0.494 e. The van der Waals surface area contributed by atoms with Crippen LogP contribution in [0.1, 0.15) is 20.8 Å². The zero-order valence-corrected chi connectivity index (χ0v) is 15.2. The first-order valence-corrected chi connectivity index (χ1v) is 8.77. The van der Waals surface area contributed by atoms with Gasteiger partial charge in [0.15, 0.2) is 5.43 Å². The quantitative estimate of drug-likeness (QED) is 0.618. The largest absolute Gasteiger partial charge is 0.494 e. The normalized spacial score (nSPS) is 10.7. The maximum Gasteiger partial charge on any atom is 0.197 e. The zero-order valence-electron chi connectivity index (χ0n) is 15.2. The van der Waals surface area contributed by atoms with Gasteiger partial charge in [0.1, 0.15) is 34.0 Å². The van der Waals surface area contributed by atoms with Gasteiger partial charge in [-0.2, -0.15) is 0 Å². The summed E-state index contributed by atoms with van der Waals surface area (Å²) in [6.45, 7) is 7.27. The second-order valence-corrected chi connectivity index (χ2v) is 5.59. The van der Waals surface area contributed by atoms with Crippen molar-refractivity contribution in [2.75, 3.05) is 19.8 Å². The second-order valence-electron chi connectivity index (χ2n) is 5.59. The fourth-order valence-corrected chi connectivity index (χ4v) is 2.77. The summed E-state index contributed by atoms with van der Waals surface area (Å²) in [5.74, 6) is 2.34. The van der Waals surface area contributed by atoms with Crippen molar-refractivity contribution in [3.8, 4) is 28.6 Å². The monoisotopic (exact) mass is 354 g/mol. The number of fused-ring (bicyclic) bond motifs is 1. The third-order valence-electron chi connectivity index (χ3n) is 3.83. The summed E-state index contributed by atoms with van der Waals surface area (Å²) in [5.41, 5.74) is 1.09. The van der Waals surface area contributed by atoms with Crippen molar-refractivity contribution in [3.63, 3.8) is 0 Å². The van der Waals surface area contributed by atoms with Crippen molar-refractivity contribution in [2.45, 2.75) is 20.8 Å². The van der Waals surface area contributed by atoms with Gasteiger partial charge in [-0.25, -0.2) is 0 Å². The van der Waals surface area contributed by atoms with Gasteiger partial charge >= 0.3 is 0 Å². The summed E-state index contributed by atoms with van der Waals surface area (Å²) in [6, 6.07) is 12.4. The van der Waals surface area contributed by atoms with Crippen LogP contribution in [0.3, 0.4) is 0 Å². The Morgan fingerprint density at radius 1 is 0.808 bits per heavy atom. The van der Waals surface area contributed by atoms with Gasteiger partial charge in [-0.3, -0.25) is 4.79 Å². The van der Waals surface area contributed by atoms with E-state index in [4.69, 9.17) is 18.6 Å². The maximum atomic E-state index is 12.7. The van der Waals surface area contributed by atoms with Crippen LogP contribution in [0.25, 0.3) is 22.3 Å². The molecule has 1 aromatic heterocycles. The fourth-order valence-electron chi connectivity index (χ4n) is 2.77. The van der Waals surface area contributed by atoms with Crippen molar-refractivity contribution < 1.29 is 18.6 Å². The van der Waals surface area contributed by atoms with E-state index >= 15 is 0 Å². The van der Waals surface area contributed by atoms with Crippen LogP contribution in [-0.4, -0.2) is 19.8 Å². The molecule has 3 aromatic rings. The highest BCUT2D eigenvalue weighted by atomic mass is 16.5. The molecule has 0 aliphatic heterocycles. The molecule has 0 amide bonds. The first-order valence-electron chi connectivity index (χ1n) is 8.77. The Bertz CT molecular complexity index is 941. The third-order valence-corrected chi connectivity index (χ3v) is 3.83. The van der Waals surface area contributed by atoms with Gasteiger partial charge < -0.3 is 18.6 Å². The minimum atomic E-state index is -0.151. The molecule has 0 aliphatic rings. The van der Waals surface area contributed by atoms with Crippen LogP contribution in [0.2, 0.25) is 0 Å². The summed E-state index contributed by atoms with van der Waals surface area (Å²) in [5, 5.41) is 0.421. The average Bonchev–Trinajstić information content (AvgIpc) is 2.62. The zero-order chi connectivity index (χ0) is 18.5. The highest BCUT2D eigenvalue weighted by Gasteiger charge is 2.14. The lowest BCUT2D eigenvalue weighted by molar-refractivity contribution is 0.325. The summed E-state index contributed by atoms with van der Waals surface area (Å²) < 4.78 is 22.6. The van der Waals surface area contributed by atoms with Gasteiger partial charge in [0.25, 0.3) is 0 Å². The molecule has 0 unspecified atom stereocenters. The molecule has 0 fully saturated rings. The van der Waals surface area contributed by atoms with Crippen LogP contribution < -0.4 is 19.6 Å². The van der Waals surface area contributed by atoms with Crippen LogP contribution in [0.15, 0.2) is 51.7 Å². The standard InChI is InChI=1S/C21H22O5/c1-4-23-15-9-7-14(8-10-15)18-13-17(22)21-19(25-6-3)11-16(24-5-2)12-20(21)26-18/h7-13H,4-6H2,1-3H3. The Morgan fingerprint density at radius 3 is 2.12 bits per heavy atom. The summed E-state index contributed by atoms with van der Waals surface area (Å²) in [6.07, 6.45) is 0. The van der Waals surface area contributed by atoms with E-state index in [1.54, 1.807) is 12.1 Å². The van der Waals surface area contributed by atoms with Gasteiger partial charge in [0.05, 0.1) is 19.8 Å². The molecule has 0 saturated carbocycles. The number of ether oxygens (including phenoxy) is 3. The molecule has 0 N–H and O–H groups in total. The van der Waals surface area contributed by atoms with Crippen molar-refractivity contribution in [1.82, 2.24) is 0 Å². The molecule has 2 aromatic carbocycles. The predicted molar refractivity (Wildman–Crippen MR) is 101 cm³/mol. The summed E-state index contributed by atoms with van der Waals surface area (Å²) in [7, 11) is 0. The van der Waals surface area contributed by atoms with E-state index in [1.807, 2.05) is 45.0 Å². The molecule has 26 heavy (non-hydrogen) atoms. The predicted octanol–water partition coefficient (Wildman–Crippen LogP) is 4.66. The Morgan fingerprint density at radius 2 is 1.46 bits per heavy atom. The van der Waals surface area contributed by atoms with Crippen molar-refractivity contribution in [2.24, 2.45) is 0 Å².